The highest BCUT2D eigenvalue weighted by molar-refractivity contribution is 5.62. The summed E-state index contributed by atoms with van der Waals surface area (Å²) < 4.78 is 1.57. The number of anilines is 1. The molecule has 0 spiro atoms. The summed E-state index contributed by atoms with van der Waals surface area (Å²) in [5.74, 6) is 0.856. The zero-order valence-corrected chi connectivity index (χ0v) is 8.78. The van der Waals surface area contributed by atoms with Gasteiger partial charge in [-0.15, -0.1) is 5.10 Å². The van der Waals surface area contributed by atoms with Crippen LogP contribution in [0.5, 0.6) is 5.75 Å². The lowest BCUT2D eigenvalue weighted by atomic mass is 10.1. The molecule has 3 rings (SSSR count). The second kappa shape index (κ2) is 3.44. The van der Waals surface area contributed by atoms with Gasteiger partial charge in [0.15, 0.2) is 0 Å². The van der Waals surface area contributed by atoms with Crippen LogP contribution in [0.3, 0.4) is 0 Å². The molecule has 0 saturated carbocycles. The fourth-order valence-corrected chi connectivity index (χ4v) is 1.66. The van der Waals surface area contributed by atoms with Crippen molar-refractivity contribution in [3.63, 3.8) is 0 Å². The van der Waals surface area contributed by atoms with E-state index in [2.05, 4.69) is 15.1 Å². The van der Waals surface area contributed by atoms with Gasteiger partial charge in [0.2, 0.25) is 5.95 Å². The van der Waals surface area contributed by atoms with E-state index in [1.54, 1.807) is 35.0 Å². The smallest absolute Gasteiger partial charge is 0.254 e. The van der Waals surface area contributed by atoms with E-state index < -0.39 is 0 Å². The molecule has 17 heavy (non-hydrogen) atoms. The van der Waals surface area contributed by atoms with Crippen LogP contribution >= 0.6 is 0 Å². The molecule has 0 bridgehead atoms. The van der Waals surface area contributed by atoms with Crippen LogP contribution in [0.4, 0.5) is 5.95 Å². The van der Waals surface area contributed by atoms with Crippen LogP contribution in [0.2, 0.25) is 0 Å². The molecule has 0 saturated heterocycles. The number of nitrogen functional groups attached to an aromatic ring is 1. The second-order valence-electron chi connectivity index (χ2n) is 3.56. The van der Waals surface area contributed by atoms with Gasteiger partial charge in [-0.25, -0.2) is 4.98 Å². The molecule has 0 fully saturated rings. The first-order valence-electron chi connectivity index (χ1n) is 5.01. The summed E-state index contributed by atoms with van der Waals surface area (Å²) in [5.41, 5.74) is 7.26. The number of benzene rings is 1. The molecule has 84 valence electrons. The molecule has 0 atom stereocenters. The molecule has 1 aromatic carbocycles. The van der Waals surface area contributed by atoms with E-state index in [1.165, 1.54) is 0 Å². The Morgan fingerprint density at radius 3 is 2.65 bits per heavy atom. The minimum absolute atomic E-state index is 0.184. The molecule has 0 aliphatic rings. The molecule has 0 aliphatic carbocycles. The topological polar surface area (TPSA) is 89.3 Å². The van der Waals surface area contributed by atoms with Crippen molar-refractivity contribution in [2.24, 2.45) is 0 Å². The Kier molecular flexibility index (Phi) is 1.94. The van der Waals surface area contributed by atoms with Gasteiger partial charge in [-0.2, -0.15) is 9.50 Å². The lowest BCUT2D eigenvalue weighted by molar-refractivity contribution is 0.475. The Morgan fingerprint density at radius 1 is 1.12 bits per heavy atom. The molecule has 0 unspecified atom stereocenters. The number of phenolic OH excluding ortho intramolecular Hbond substituents is 1. The average molecular weight is 227 g/mol. The summed E-state index contributed by atoms with van der Waals surface area (Å²) in [6, 6.07) is 8.63. The lowest BCUT2D eigenvalue weighted by Gasteiger charge is -2.03. The Morgan fingerprint density at radius 2 is 1.88 bits per heavy atom. The van der Waals surface area contributed by atoms with E-state index in [0.29, 0.717) is 5.78 Å². The number of phenols is 1. The molecular formula is C11H9N5O. The third kappa shape index (κ3) is 1.55. The number of aromatic hydroxyl groups is 1. The van der Waals surface area contributed by atoms with Crippen molar-refractivity contribution in [2.45, 2.75) is 0 Å². The maximum Gasteiger partial charge on any atom is 0.254 e. The van der Waals surface area contributed by atoms with E-state index in [-0.39, 0.29) is 11.7 Å². The van der Waals surface area contributed by atoms with Crippen molar-refractivity contribution in [3.8, 4) is 17.0 Å². The van der Waals surface area contributed by atoms with Gasteiger partial charge < -0.3 is 10.8 Å². The van der Waals surface area contributed by atoms with Gasteiger partial charge in [-0.05, 0) is 30.3 Å². The van der Waals surface area contributed by atoms with Gasteiger partial charge in [0.05, 0.1) is 5.69 Å². The van der Waals surface area contributed by atoms with E-state index in [9.17, 15) is 5.11 Å². The van der Waals surface area contributed by atoms with E-state index in [1.807, 2.05) is 6.07 Å². The maximum atomic E-state index is 9.25. The number of hydrogen-bond donors (Lipinski definition) is 2. The van der Waals surface area contributed by atoms with Crippen LogP contribution in [0.1, 0.15) is 0 Å². The highest BCUT2D eigenvalue weighted by Crippen LogP contribution is 2.21. The molecule has 2 aromatic heterocycles. The highest BCUT2D eigenvalue weighted by Gasteiger charge is 2.07. The zero-order chi connectivity index (χ0) is 11.8. The molecule has 0 amide bonds. The minimum atomic E-state index is 0.184. The van der Waals surface area contributed by atoms with Gasteiger partial charge in [0.25, 0.3) is 5.78 Å². The first kappa shape index (κ1) is 9.59. The van der Waals surface area contributed by atoms with Crippen LogP contribution < -0.4 is 5.73 Å². The molecule has 3 aromatic rings. The van der Waals surface area contributed by atoms with Crippen LogP contribution in [-0.4, -0.2) is 24.7 Å². The Labute approximate surface area is 96.4 Å². The number of rotatable bonds is 1. The molecule has 6 nitrogen and oxygen atoms in total. The van der Waals surface area contributed by atoms with Crippen LogP contribution in [-0.2, 0) is 0 Å². The number of hydrogen-bond acceptors (Lipinski definition) is 5. The van der Waals surface area contributed by atoms with Gasteiger partial charge >= 0.3 is 0 Å². The highest BCUT2D eigenvalue weighted by atomic mass is 16.3. The van der Waals surface area contributed by atoms with E-state index >= 15 is 0 Å². The molecular weight excluding hydrogens is 218 g/mol. The summed E-state index contributed by atoms with van der Waals surface area (Å²) in [4.78, 5) is 8.05. The Balaban J connectivity index is 2.26. The third-order valence-corrected chi connectivity index (χ3v) is 2.42. The van der Waals surface area contributed by atoms with E-state index in [0.717, 1.165) is 11.3 Å². The summed E-state index contributed by atoms with van der Waals surface area (Å²) in [6.07, 6.45) is 1.64. The lowest BCUT2D eigenvalue weighted by Crippen LogP contribution is -1.96. The Hall–Kier alpha value is -2.63. The van der Waals surface area contributed by atoms with Crippen molar-refractivity contribution < 1.29 is 5.11 Å². The summed E-state index contributed by atoms with van der Waals surface area (Å²) >= 11 is 0. The third-order valence-electron chi connectivity index (χ3n) is 2.42. The summed E-state index contributed by atoms with van der Waals surface area (Å²) in [7, 11) is 0. The molecule has 0 aliphatic heterocycles. The van der Waals surface area contributed by atoms with Crippen molar-refractivity contribution in [3.05, 3.63) is 36.5 Å². The first-order chi connectivity index (χ1) is 8.24. The first-order valence-corrected chi connectivity index (χ1v) is 5.01. The monoisotopic (exact) mass is 227 g/mol. The predicted molar refractivity (Wildman–Crippen MR) is 62.3 cm³/mol. The maximum absolute atomic E-state index is 9.25. The number of fused-ring (bicyclic) bond motifs is 1. The van der Waals surface area contributed by atoms with Gasteiger partial charge in [0, 0.05) is 11.8 Å². The average Bonchev–Trinajstić information content (AvgIpc) is 2.70. The Bertz CT molecular complexity index is 674. The standard InChI is InChI=1S/C11H9N5O/c12-10-14-11-13-6-5-9(16(11)15-10)7-1-3-8(17)4-2-7/h1-6,17H,(H2,12,15). The predicted octanol–water partition coefficient (Wildman–Crippen LogP) is 1.08. The summed E-state index contributed by atoms with van der Waals surface area (Å²) in [5, 5.41) is 13.3. The van der Waals surface area contributed by atoms with Crippen LogP contribution in [0.25, 0.3) is 17.0 Å². The minimum Gasteiger partial charge on any atom is -0.508 e. The van der Waals surface area contributed by atoms with Crippen molar-refractivity contribution in [1.82, 2.24) is 19.6 Å². The number of aromatic nitrogens is 4. The van der Waals surface area contributed by atoms with Gasteiger partial charge in [-0.1, -0.05) is 0 Å². The summed E-state index contributed by atoms with van der Waals surface area (Å²) in [6.45, 7) is 0. The molecule has 0 radical (unpaired) electrons. The number of nitrogens with two attached hydrogens (primary N) is 1. The second-order valence-corrected chi connectivity index (χ2v) is 3.56. The molecule has 2 heterocycles. The fourth-order valence-electron chi connectivity index (χ4n) is 1.66. The zero-order valence-electron chi connectivity index (χ0n) is 8.78. The van der Waals surface area contributed by atoms with Gasteiger partial charge in [-0.3, -0.25) is 0 Å². The number of nitrogens with zero attached hydrogens (tertiary/aromatic N) is 4. The van der Waals surface area contributed by atoms with E-state index in [4.69, 9.17) is 5.73 Å². The van der Waals surface area contributed by atoms with Crippen LogP contribution in [0.15, 0.2) is 36.5 Å². The van der Waals surface area contributed by atoms with Crippen molar-refractivity contribution in [2.75, 3.05) is 5.73 Å². The molecule has 3 N–H and O–H groups in total. The fraction of sp³-hybridized carbons (Fsp3) is 0. The normalized spacial score (nSPS) is 10.8. The molecule has 6 heteroatoms. The quantitative estimate of drug-likeness (QED) is 0.649. The van der Waals surface area contributed by atoms with Crippen LogP contribution in [0, 0.1) is 0 Å². The van der Waals surface area contributed by atoms with Gasteiger partial charge in [0.1, 0.15) is 5.75 Å². The largest absolute Gasteiger partial charge is 0.508 e. The SMILES string of the molecule is Nc1nc2nccc(-c3ccc(O)cc3)n2n1. The van der Waals surface area contributed by atoms with Crippen molar-refractivity contribution >= 4 is 11.7 Å². The van der Waals surface area contributed by atoms with Crippen molar-refractivity contribution in [1.29, 1.82) is 0 Å².